The number of carbonyl (C=O) groups is 1. The lowest BCUT2D eigenvalue weighted by molar-refractivity contribution is -0.133. The molecule has 2 saturated carbocycles. The molecular formula is C28H32BF2NO5. The third-order valence-electron chi connectivity index (χ3n) is 9.56. The number of hydrogen-bond donors (Lipinski definition) is 3. The van der Waals surface area contributed by atoms with Crippen molar-refractivity contribution in [3.05, 3.63) is 47.5 Å². The molecule has 2 fully saturated rings. The maximum absolute atomic E-state index is 15.5. The van der Waals surface area contributed by atoms with Crippen LogP contribution in [0.25, 0.3) is 0 Å². The van der Waals surface area contributed by atoms with E-state index >= 15 is 8.78 Å². The fourth-order valence-electron chi connectivity index (χ4n) is 7.79. The number of carbonyl (C=O) groups excluding carboxylic acids is 1. The molecule has 0 aromatic heterocycles. The second-order valence-corrected chi connectivity index (χ2v) is 11.4. The van der Waals surface area contributed by atoms with Crippen molar-refractivity contribution in [1.82, 2.24) is 0 Å². The Morgan fingerprint density at radius 3 is 2.76 bits per heavy atom. The van der Waals surface area contributed by atoms with Crippen LogP contribution in [0.3, 0.4) is 0 Å². The molecular weight excluding hydrogens is 479 g/mol. The molecule has 0 bridgehead atoms. The van der Waals surface area contributed by atoms with Crippen LogP contribution in [0.5, 0.6) is 11.5 Å². The normalized spacial score (nSPS) is 30.7. The summed E-state index contributed by atoms with van der Waals surface area (Å²) in [5.74, 6) is -1.80. The maximum Gasteiger partial charge on any atom is 0.488 e. The van der Waals surface area contributed by atoms with E-state index in [1.807, 2.05) is 12.1 Å². The van der Waals surface area contributed by atoms with Gasteiger partial charge in [0.25, 0.3) is 5.92 Å². The molecule has 5 atom stereocenters. The molecule has 3 aliphatic carbocycles. The summed E-state index contributed by atoms with van der Waals surface area (Å²) in [5, 5.41) is 22.0. The van der Waals surface area contributed by atoms with Crippen molar-refractivity contribution in [3.63, 3.8) is 0 Å². The number of amides is 1. The molecule has 37 heavy (non-hydrogen) atoms. The maximum atomic E-state index is 15.5. The topological polar surface area (TPSA) is 88.0 Å². The smallest absolute Gasteiger partial charge is 0.454 e. The van der Waals surface area contributed by atoms with Crippen molar-refractivity contribution in [2.45, 2.75) is 63.7 Å². The van der Waals surface area contributed by atoms with Gasteiger partial charge in [0, 0.05) is 30.0 Å². The van der Waals surface area contributed by atoms with Gasteiger partial charge in [-0.05, 0) is 84.5 Å². The minimum absolute atomic E-state index is 0.131. The summed E-state index contributed by atoms with van der Waals surface area (Å²) in [7, 11) is -1.51. The van der Waals surface area contributed by atoms with Gasteiger partial charge in [-0.1, -0.05) is 25.1 Å². The van der Waals surface area contributed by atoms with E-state index < -0.39 is 18.5 Å². The van der Waals surface area contributed by atoms with Crippen LogP contribution in [-0.2, 0) is 11.2 Å². The number of halogens is 2. The first-order chi connectivity index (χ1) is 17.7. The van der Waals surface area contributed by atoms with Crippen LogP contribution in [0.15, 0.2) is 36.4 Å². The second kappa shape index (κ2) is 8.98. The highest BCUT2D eigenvalue weighted by molar-refractivity contribution is 6.58. The van der Waals surface area contributed by atoms with E-state index in [0.29, 0.717) is 41.9 Å². The highest BCUT2D eigenvalue weighted by atomic mass is 19.3. The summed E-state index contributed by atoms with van der Waals surface area (Å²) >= 11 is 0. The number of anilines is 1. The molecule has 4 aliphatic rings. The van der Waals surface area contributed by atoms with Gasteiger partial charge < -0.3 is 24.8 Å². The molecule has 6 nitrogen and oxygen atoms in total. The lowest BCUT2D eigenvalue weighted by atomic mass is 9.53. The van der Waals surface area contributed by atoms with Crippen LogP contribution in [0.1, 0.15) is 62.5 Å². The predicted molar refractivity (Wildman–Crippen MR) is 135 cm³/mol. The lowest BCUT2D eigenvalue weighted by Gasteiger charge is -2.51. The Labute approximate surface area is 215 Å². The number of rotatable bonds is 5. The Hall–Kier alpha value is -2.65. The summed E-state index contributed by atoms with van der Waals surface area (Å²) in [6, 6.07) is 10.8. The van der Waals surface area contributed by atoms with Crippen molar-refractivity contribution in [2.24, 2.45) is 23.2 Å². The van der Waals surface area contributed by atoms with Gasteiger partial charge in [0.05, 0.1) is 0 Å². The number of fused-ring (bicyclic) bond motifs is 6. The van der Waals surface area contributed by atoms with Crippen LogP contribution in [0.4, 0.5) is 14.5 Å². The van der Waals surface area contributed by atoms with E-state index in [1.54, 1.807) is 31.2 Å². The first-order valence-corrected chi connectivity index (χ1v) is 13.2. The molecule has 1 heterocycles. The number of ether oxygens (including phenoxy) is 2. The van der Waals surface area contributed by atoms with E-state index in [0.717, 1.165) is 24.0 Å². The lowest BCUT2D eigenvalue weighted by Crippen LogP contribution is -2.48. The summed E-state index contributed by atoms with van der Waals surface area (Å²) in [6.07, 6.45) is 3.15. The Kier molecular flexibility index (Phi) is 5.99. The zero-order chi connectivity index (χ0) is 25.9. The van der Waals surface area contributed by atoms with Crippen molar-refractivity contribution in [1.29, 1.82) is 0 Å². The number of hydrogen-bond acceptors (Lipinski definition) is 5. The average Bonchev–Trinajstić information content (AvgIpc) is 3.41. The Morgan fingerprint density at radius 2 is 1.95 bits per heavy atom. The molecule has 2 aromatic carbocycles. The van der Waals surface area contributed by atoms with Gasteiger partial charge in [0.15, 0.2) is 11.5 Å². The molecule has 3 N–H and O–H groups in total. The van der Waals surface area contributed by atoms with Crippen molar-refractivity contribution in [3.8, 4) is 11.5 Å². The summed E-state index contributed by atoms with van der Waals surface area (Å²) in [6.45, 7) is 1.92. The number of aryl methyl sites for hydroxylation is 1. The fourth-order valence-corrected chi connectivity index (χ4v) is 7.79. The average molecular weight is 511 g/mol. The standard InChI is InChI=1S/C28H32BF2NO5/c1-27-11-10-21-20-7-4-18(29(34)35)12-16(20)2-6-22(21)26(27)17(14-28(27,30)31)3-9-25(33)32-19-5-8-23-24(13-19)37-15-36-23/h4-5,7-8,12-13,17,21-22,26,34-35H,2-3,6,9-11,14-15H2,1H3,(H,32,33)/t17-,21?,22?,26?,27+/m1/s1. The number of nitrogens with one attached hydrogen (secondary N) is 1. The molecule has 1 aliphatic heterocycles. The molecule has 196 valence electrons. The van der Waals surface area contributed by atoms with E-state index in [4.69, 9.17) is 9.47 Å². The van der Waals surface area contributed by atoms with Crippen LogP contribution >= 0.6 is 0 Å². The van der Waals surface area contributed by atoms with Gasteiger partial charge >= 0.3 is 7.12 Å². The molecule has 9 heteroatoms. The fraction of sp³-hybridized carbons (Fsp3) is 0.536. The predicted octanol–water partition coefficient (Wildman–Crippen LogP) is 4.23. The highest BCUT2D eigenvalue weighted by Gasteiger charge is 2.67. The van der Waals surface area contributed by atoms with Gasteiger partial charge in [0.1, 0.15) is 0 Å². The van der Waals surface area contributed by atoms with Gasteiger partial charge in [-0.3, -0.25) is 4.79 Å². The van der Waals surface area contributed by atoms with Crippen molar-refractivity contribution < 1.29 is 33.1 Å². The third-order valence-corrected chi connectivity index (χ3v) is 9.56. The van der Waals surface area contributed by atoms with E-state index in [-0.39, 0.29) is 49.2 Å². The van der Waals surface area contributed by atoms with Gasteiger partial charge in [-0.15, -0.1) is 0 Å². The largest absolute Gasteiger partial charge is 0.488 e. The van der Waals surface area contributed by atoms with Crippen LogP contribution in [0, 0.1) is 23.2 Å². The van der Waals surface area contributed by atoms with Gasteiger partial charge in [0.2, 0.25) is 12.7 Å². The quantitative estimate of drug-likeness (QED) is 0.523. The van der Waals surface area contributed by atoms with Crippen molar-refractivity contribution >= 4 is 24.2 Å². The Morgan fingerprint density at radius 1 is 1.14 bits per heavy atom. The zero-order valence-electron chi connectivity index (χ0n) is 20.9. The second-order valence-electron chi connectivity index (χ2n) is 11.4. The van der Waals surface area contributed by atoms with Crippen LogP contribution < -0.4 is 20.3 Å². The molecule has 2 aromatic rings. The van der Waals surface area contributed by atoms with Crippen LogP contribution in [-0.4, -0.2) is 35.8 Å². The molecule has 6 rings (SSSR count). The minimum atomic E-state index is -2.76. The summed E-state index contributed by atoms with van der Waals surface area (Å²) in [5.41, 5.74) is 2.27. The highest BCUT2D eigenvalue weighted by Crippen LogP contribution is 2.68. The first-order valence-electron chi connectivity index (χ1n) is 13.2. The first kappa shape index (κ1) is 24.7. The SMILES string of the molecule is C[C@]12CCC3c4ccc(B(O)O)cc4CCC3C1[C@H](CCC(=O)Nc1ccc3c(c1)OCO3)CC2(F)F. The minimum Gasteiger partial charge on any atom is -0.454 e. The summed E-state index contributed by atoms with van der Waals surface area (Å²) < 4.78 is 41.7. The number of alkyl halides is 2. The van der Waals surface area contributed by atoms with E-state index in [1.165, 1.54) is 0 Å². The molecule has 0 saturated heterocycles. The third kappa shape index (κ3) is 4.11. The number of benzene rings is 2. The van der Waals surface area contributed by atoms with E-state index in [9.17, 15) is 14.8 Å². The van der Waals surface area contributed by atoms with Gasteiger partial charge in [-0.25, -0.2) is 8.78 Å². The zero-order valence-corrected chi connectivity index (χ0v) is 20.9. The Bertz CT molecular complexity index is 1220. The molecule has 0 radical (unpaired) electrons. The molecule has 1 amide bonds. The van der Waals surface area contributed by atoms with Crippen LogP contribution in [0.2, 0.25) is 0 Å². The van der Waals surface area contributed by atoms with Gasteiger partial charge in [-0.2, -0.15) is 0 Å². The molecule has 3 unspecified atom stereocenters. The van der Waals surface area contributed by atoms with E-state index in [2.05, 4.69) is 5.32 Å². The Balaban J connectivity index is 1.19. The monoisotopic (exact) mass is 511 g/mol. The summed E-state index contributed by atoms with van der Waals surface area (Å²) in [4.78, 5) is 12.8. The van der Waals surface area contributed by atoms with Crippen molar-refractivity contribution in [2.75, 3.05) is 12.1 Å². The molecule has 0 spiro atoms.